The summed E-state index contributed by atoms with van der Waals surface area (Å²) in [5.41, 5.74) is 2.62. The lowest BCUT2D eigenvalue weighted by atomic mass is 10.0. The molecule has 1 N–H and O–H groups in total. The maximum atomic E-state index is 4.22. The largest absolute Gasteiger partial charge is 0.306 e. The number of nitrogens with one attached hydrogen (secondary N) is 1. The number of rotatable bonds is 8. The fourth-order valence-electron chi connectivity index (χ4n) is 2.47. The van der Waals surface area contributed by atoms with Crippen molar-refractivity contribution in [3.05, 3.63) is 53.9 Å². The molecule has 0 saturated carbocycles. The number of unbranched alkanes of at least 4 members (excludes halogenated alkanes) is 2. The van der Waals surface area contributed by atoms with Crippen molar-refractivity contribution in [1.29, 1.82) is 0 Å². The number of hydrogen-bond acceptors (Lipinski definition) is 2. The molecule has 0 saturated heterocycles. The van der Waals surface area contributed by atoms with Crippen molar-refractivity contribution in [2.45, 2.75) is 45.2 Å². The highest BCUT2D eigenvalue weighted by Crippen LogP contribution is 2.20. The van der Waals surface area contributed by atoms with Crippen molar-refractivity contribution >= 4 is 0 Å². The molecule has 108 valence electrons. The van der Waals surface area contributed by atoms with Gasteiger partial charge in [0, 0.05) is 31.4 Å². The fourth-order valence-corrected chi connectivity index (χ4v) is 2.47. The second-order valence-corrected chi connectivity index (χ2v) is 5.36. The van der Waals surface area contributed by atoms with Crippen LogP contribution in [0.2, 0.25) is 0 Å². The van der Waals surface area contributed by atoms with Crippen LogP contribution in [-0.2, 0) is 13.6 Å². The third kappa shape index (κ3) is 4.49. The molecule has 1 unspecified atom stereocenters. The lowest BCUT2D eigenvalue weighted by Gasteiger charge is -2.19. The Morgan fingerprint density at radius 1 is 1.20 bits per heavy atom. The van der Waals surface area contributed by atoms with E-state index in [1.807, 2.05) is 17.9 Å². The van der Waals surface area contributed by atoms with Gasteiger partial charge in [-0.15, -0.1) is 0 Å². The van der Waals surface area contributed by atoms with E-state index in [9.17, 15) is 0 Å². The van der Waals surface area contributed by atoms with Gasteiger partial charge in [0.2, 0.25) is 0 Å². The molecule has 2 aromatic rings. The first-order chi connectivity index (χ1) is 9.79. The van der Waals surface area contributed by atoms with Gasteiger partial charge < -0.3 is 5.32 Å². The zero-order valence-corrected chi connectivity index (χ0v) is 12.5. The molecule has 20 heavy (non-hydrogen) atoms. The van der Waals surface area contributed by atoms with Crippen LogP contribution in [0.5, 0.6) is 0 Å². The van der Waals surface area contributed by atoms with Crippen LogP contribution in [0.25, 0.3) is 0 Å². The maximum absolute atomic E-state index is 4.22. The summed E-state index contributed by atoms with van der Waals surface area (Å²) >= 11 is 0. The van der Waals surface area contributed by atoms with Crippen LogP contribution >= 0.6 is 0 Å². The number of nitrogens with zero attached hydrogens (tertiary/aromatic N) is 2. The third-order valence-corrected chi connectivity index (χ3v) is 3.61. The van der Waals surface area contributed by atoms with E-state index in [0.717, 1.165) is 6.54 Å². The Bertz CT molecular complexity index is 490. The molecule has 0 aliphatic rings. The summed E-state index contributed by atoms with van der Waals surface area (Å²) in [6.45, 7) is 3.13. The van der Waals surface area contributed by atoms with E-state index in [0.29, 0.717) is 6.04 Å². The van der Waals surface area contributed by atoms with Crippen LogP contribution in [0.1, 0.15) is 49.8 Å². The molecular formula is C17H25N3. The van der Waals surface area contributed by atoms with E-state index in [-0.39, 0.29) is 0 Å². The summed E-state index contributed by atoms with van der Waals surface area (Å²) in [5, 5.41) is 7.89. The molecule has 3 nitrogen and oxygen atoms in total. The van der Waals surface area contributed by atoms with E-state index < -0.39 is 0 Å². The van der Waals surface area contributed by atoms with Crippen molar-refractivity contribution in [3.63, 3.8) is 0 Å². The van der Waals surface area contributed by atoms with Crippen LogP contribution in [0, 0.1) is 0 Å². The Morgan fingerprint density at radius 2 is 2.00 bits per heavy atom. The molecule has 3 heteroatoms. The van der Waals surface area contributed by atoms with Crippen LogP contribution in [0.15, 0.2) is 42.7 Å². The minimum absolute atomic E-state index is 0.433. The number of hydrogen-bond donors (Lipinski definition) is 1. The van der Waals surface area contributed by atoms with Gasteiger partial charge in [0.25, 0.3) is 0 Å². The normalized spacial score (nSPS) is 12.5. The second-order valence-electron chi connectivity index (χ2n) is 5.36. The predicted octanol–water partition coefficient (Wildman–Crippen LogP) is 3.83. The van der Waals surface area contributed by atoms with Crippen molar-refractivity contribution in [2.75, 3.05) is 0 Å². The summed E-state index contributed by atoms with van der Waals surface area (Å²) in [7, 11) is 1.96. The summed E-state index contributed by atoms with van der Waals surface area (Å²) < 4.78 is 1.85. The van der Waals surface area contributed by atoms with E-state index in [1.54, 1.807) is 0 Å². The molecule has 0 amide bonds. The quantitative estimate of drug-likeness (QED) is 0.739. The highest BCUT2D eigenvalue weighted by molar-refractivity contribution is 5.19. The molecule has 0 bridgehead atoms. The Hall–Kier alpha value is -1.61. The molecule has 0 radical (unpaired) electrons. The third-order valence-electron chi connectivity index (χ3n) is 3.61. The Labute approximate surface area is 122 Å². The average Bonchev–Trinajstić information content (AvgIpc) is 2.89. The molecule has 0 aliphatic carbocycles. The molecule has 1 aromatic carbocycles. The maximum Gasteiger partial charge on any atom is 0.0534 e. The molecule has 0 aliphatic heterocycles. The lowest BCUT2D eigenvalue weighted by Crippen LogP contribution is -2.20. The molecule has 1 atom stereocenters. The first kappa shape index (κ1) is 14.8. The molecule has 1 aromatic heterocycles. The van der Waals surface area contributed by atoms with E-state index in [1.165, 1.54) is 36.8 Å². The summed E-state index contributed by atoms with van der Waals surface area (Å²) in [5.74, 6) is 0. The van der Waals surface area contributed by atoms with E-state index in [4.69, 9.17) is 0 Å². The van der Waals surface area contributed by atoms with E-state index >= 15 is 0 Å². The number of aryl methyl sites for hydroxylation is 1. The zero-order chi connectivity index (χ0) is 14.2. The molecule has 2 rings (SSSR count). The highest BCUT2D eigenvalue weighted by Gasteiger charge is 2.10. The minimum Gasteiger partial charge on any atom is -0.306 e. The smallest absolute Gasteiger partial charge is 0.0534 e. The lowest BCUT2D eigenvalue weighted by molar-refractivity contribution is 0.473. The monoisotopic (exact) mass is 271 g/mol. The van der Waals surface area contributed by atoms with Gasteiger partial charge in [0.1, 0.15) is 0 Å². The summed E-state index contributed by atoms with van der Waals surface area (Å²) in [4.78, 5) is 0. The van der Waals surface area contributed by atoms with Crippen LogP contribution in [0.4, 0.5) is 0 Å². The minimum atomic E-state index is 0.433. The van der Waals surface area contributed by atoms with Gasteiger partial charge >= 0.3 is 0 Å². The second kappa shape index (κ2) is 7.85. The van der Waals surface area contributed by atoms with Crippen LogP contribution < -0.4 is 5.32 Å². The highest BCUT2D eigenvalue weighted by atomic mass is 15.2. The van der Waals surface area contributed by atoms with Crippen molar-refractivity contribution in [2.24, 2.45) is 7.05 Å². The van der Waals surface area contributed by atoms with Gasteiger partial charge in [-0.05, 0) is 12.0 Å². The van der Waals surface area contributed by atoms with Gasteiger partial charge in [-0.25, -0.2) is 0 Å². The van der Waals surface area contributed by atoms with E-state index in [2.05, 4.69) is 53.9 Å². The average molecular weight is 271 g/mol. The van der Waals surface area contributed by atoms with Crippen molar-refractivity contribution < 1.29 is 0 Å². The Kier molecular flexibility index (Phi) is 5.81. The van der Waals surface area contributed by atoms with Crippen molar-refractivity contribution in [1.82, 2.24) is 15.1 Å². The molecular weight excluding hydrogens is 246 g/mol. The van der Waals surface area contributed by atoms with Gasteiger partial charge in [-0.3, -0.25) is 4.68 Å². The Morgan fingerprint density at radius 3 is 2.65 bits per heavy atom. The Balaban J connectivity index is 1.95. The zero-order valence-electron chi connectivity index (χ0n) is 12.5. The first-order valence-corrected chi connectivity index (χ1v) is 7.55. The van der Waals surface area contributed by atoms with Gasteiger partial charge in [-0.2, -0.15) is 5.10 Å². The van der Waals surface area contributed by atoms with Crippen LogP contribution in [-0.4, -0.2) is 9.78 Å². The summed E-state index contributed by atoms with van der Waals surface area (Å²) in [6, 6.07) is 11.2. The SMILES string of the molecule is CCCCCC(NCc1cnn(C)c1)c1ccccc1. The van der Waals surface area contributed by atoms with Crippen molar-refractivity contribution in [3.8, 4) is 0 Å². The van der Waals surface area contributed by atoms with Gasteiger partial charge in [-0.1, -0.05) is 56.5 Å². The van der Waals surface area contributed by atoms with Crippen LogP contribution in [0.3, 0.4) is 0 Å². The fraction of sp³-hybridized carbons (Fsp3) is 0.471. The summed E-state index contributed by atoms with van der Waals surface area (Å²) in [6.07, 6.45) is 9.04. The first-order valence-electron chi connectivity index (χ1n) is 7.55. The molecule has 1 heterocycles. The number of aromatic nitrogens is 2. The number of benzene rings is 1. The predicted molar refractivity (Wildman–Crippen MR) is 83.4 cm³/mol. The van der Waals surface area contributed by atoms with Gasteiger partial charge in [0.05, 0.1) is 6.20 Å². The molecule has 0 fully saturated rings. The van der Waals surface area contributed by atoms with Gasteiger partial charge in [0.15, 0.2) is 0 Å². The topological polar surface area (TPSA) is 29.9 Å². The molecule has 0 spiro atoms. The standard InChI is InChI=1S/C17H25N3/c1-3-4-6-11-17(16-9-7-5-8-10-16)18-12-15-13-19-20(2)14-15/h5,7-10,13-14,17-18H,3-4,6,11-12H2,1-2H3.